The first kappa shape index (κ1) is 29.3. The van der Waals surface area contributed by atoms with Crippen LogP contribution < -0.4 is 25.6 Å². The van der Waals surface area contributed by atoms with Crippen molar-refractivity contribution in [2.45, 2.75) is 32.6 Å². The second-order valence-corrected chi connectivity index (χ2v) is 14.9. The predicted octanol–water partition coefficient (Wildman–Crippen LogP) is 5.04. The lowest BCUT2D eigenvalue weighted by Gasteiger charge is -2.39. The van der Waals surface area contributed by atoms with Crippen LogP contribution in [-0.2, 0) is 11.0 Å². The number of methoxy groups -OCH3 is 1. The summed E-state index contributed by atoms with van der Waals surface area (Å²) < 4.78 is 19.1. The standard InChI is InChI=1S/C31H40N9O2P/c1-5-22-17-25(27(42-2)18-26(22)40-15-9-21(10-16-40)19-39-13-6-14-39)37-31-35-20-34-30(38-31)36-24-8-7-23-28(33-12-11-32-23)29(24)43(3,4)41/h7-8,11-12,17-18,20-21H,5-6,9-10,13-16,19H2,1-4H3,(H2,34,35,36,37,38). The van der Waals surface area contributed by atoms with Crippen LogP contribution in [0, 0.1) is 5.92 Å². The van der Waals surface area contributed by atoms with Gasteiger partial charge in [0.15, 0.2) is 0 Å². The van der Waals surface area contributed by atoms with E-state index in [0.717, 1.165) is 36.9 Å². The number of hydrogen-bond acceptors (Lipinski definition) is 11. The van der Waals surface area contributed by atoms with Gasteiger partial charge in [-0.25, -0.2) is 9.97 Å². The second-order valence-electron chi connectivity index (χ2n) is 11.7. The molecule has 2 fully saturated rings. The number of benzene rings is 2. The molecule has 4 aromatic rings. The quantitative estimate of drug-likeness (QED) is 0.238. The Morgan fingerprint density at radius 1 is 0.953 bits per heavy atom. The fraction of sp³-hybridized carbons (Fsp3) is 0.452. The van der Waals surface area contributed by atoms with Crippen molar-refractivity contribution in [2.75, 3.05) is 68.7 Å². The van der Waals surface area contributed by atoms with Gasteiger partial charge in [0.25, 0.3) is 0 Å². The number of aromatic nitrogens is 5. The van der Waals surface area contributed by atoms with E-state index in [0.29, 0.717) is 33.9 Å². The number of rotatable bonds is 10. The number of fused-ring (bicyclic) bond motifs is 1. The van der Waals surface area contributed by atoms with Gasteiger partial charge in [-0.05, 0) is 81.8 Å². The van der Waals surface area contributed by atoms with Gasteiger partial charge in [0.05, 0.1) is 29.3 Å². The zero-order valence-electron chi connectivity index (χ0n) is 25.4. The molecule has 6 rings (SSSR count). The van der Waals surface area contributed by atoms with Gasteiger partial charge in [0.2, 0.25) is 11.9 Å². The van der Waals surface area contributed by atoms with Crippen LogP contribution in [0.4, 0.5) is 29.0 Å². The summed E-state index contributed by atoms with van der Waals surface area (Å²) in [5.74, 6) is 2.22. The average Bonchev–Trinajstić information content (AvgIpc) is 2.98. The Labute approximate surface area is 252 Å². The Morgan fingerprint density at radius 3 is 2.33 bits per heavy atom. The molecule has 0 spiro atoms. The molecule has 0 bridgehead atoms. The number of aryl methyl sites for hydroxylation is 1. The molecule has 4 heterocycles. The largest absolute Gasteiger partial charge is 0.494 e. The number of likely N-dealkylation sites (tertiary alicyclic amines) is 1. The first-order valence-electron chi connectivity index (χ1n) is 15.0. The maximum atomic E-state index is 13.3. The van der Waals surface area contributed by atoms with Crippen molar-refractivity contribution in [2.24, 2.45) is 5.92 Å². The van der Waals surface area contributed by atoms with E-state index in [1.54, 1.807) is 32.8 Å². The Kier molecular flexibility index (Phi) is 8.45. The van der Waals surface area contributed by atoms with E-state index in [2.05, 4.69) is 64.4 Å². The molecule has 0 aliphatic carbocycles. The Morgan fingerprint density at radius 2 is 1.67 bits per heavy atom. The predicted molar refractivity (Wildman–Crippen MR) is 173 cm³/mol. The highest BCUT2D eigenvalue weighted by atomic mass is 31.2. The average molecular weight is 602 g/mol. The van der Waals surface area contributed by atoms with Crippen LogP contribution >= 0.6 is 7.14 Å². The van der Waals surface area contributed by atoms with Crippen molar-refractivity contribution >= 4 is 52.4 Å². The summed E-state index contributed by atoms with van der Waals surface area (Å²) in [5, 5.41) is 7.20. The van der Waals surface area contributed by atoms with Crippen LogP contribution in [0.15, 0.2) is 43.0 Å². The summed E-state index contributed by atoms with van der Waals surface area (Å²) in [4.78, 5) is 27.2. The maximum Gasteiger partial charge on any atom is 0.232 e. The van der Waals surface area contributed by atoms with E-state index in [9.17, 15) is 4.57 Å². The summed E-state index contributed by atoms with van der Waals surface area (Å²) >= 11 is 0. The van der Waals surface area contributed by atoms with Gasteiger partial charge in [0, 0.05) is 43.8 Å². The normalized spacial score (nSPS) is 16.2. The Balaban J connectivity index is 1.22. The summed E-state index contributed by atoms with van der Waals surface area (Å²) in [7, 11) is -1.04. The van der Waals surface area contributed by atoms with Crippen LogP contribution in [0.1, 0.15) is 31.7 Å². The van der Waals surface area contributed by atoms with Crippen molar-refractivity contribution in [3.63, 3.8) is 0 Å². The maximum absolute atomic E-state index is 13.3. The third kappa shape index (κ3) is 6.43. The summed E-state index contributed by atoms with van der Waals surface area (Å²) in [6.45, 7) is 11.5. The van der Waals surface area contributed by atoms with E-state index in [1.807, 2.05) is 12.1 Å². The van der Waals surface area contributed by atoms with Gasteiger partial charge in [-0.2, -0.15) is 4.98 Å². The number of nitrogens with one attached hydrogen (secondary N) is 2. The van der Waals surface area contributed by atoms with Crippen LogP contribution in [0.2, 0.25) is 0 Å². The lowest BCUT2D eigenvalue weighted by atomic mass is 9.94. The van der Waals surface area contributed by atoms with Crippen LogP contribution in [0.3, 0.4) is 0 Å². The monoisotopic (exact) mass is 601 g/mol. The lowest BCUT2D eigenvalue weighted by Crippen LogP contribution is -2.44. The van der Waals surface area contributed by atoms with E-state index in [4.69, 9.17) is 4.74 Å². The van der Waals surface area contributed by atoms with Gasteiger partial charge in [-0.1, -0.05) is 6.92 Å². The molecule has 2 aromatic carbocycles. The molecule has 2 N–H and O–H groups in total. The third-order valence-corrected chi connectivity index (χ3v) is 9.95. The van der Waals surface area contributed by atoms with Crippen molar-refractivity contribution in [3.8, 4) is 5.75 Å². The van der Waals surface area contributed by atoms with E-state index >= 15 is 0 Å². The van der Waals surface area contributed by atoms with Crippen molar-refractivity contribution in [1.82, 2.24) is 29.8 Å². The number of nitrogens with zero attached hydrogens (tertiary/aromatic N) is 7. The number of anilines is 5. The molecule has 226 valence electrons. The Bertz CT molecular complexity index is 1650. The third-order valence-electron chi connectivity index (χ3n) is 8.42. The van der Waals surface area contributed by atoms with Crippen molar-refractivity contribution in [3.05, 3.63) is 48.5 Å². The molecular formula is C31H40N9O2P. The highest BCUT2D eigenvalue weighted by Crippen LogP contribution is 2.41. The van der Waals surface area contributed by atoms with Gasteiger partial charge in [0.1, 0.15) is 24.7 Å². The molecule has 0 amide bonds. The topological polar surface area (TPSA) is 121 Å². The number of piperidine rings is 1. The molecule has 11 nitrogen and oxygen atoms in total. The number of ether oxygens (including phenoxy) is 1. The number of hydrogen-bond donors (Lipinski definition) is 2. The molecule has 0 saturated carbocycles. The summed E-state index contributed by atoms with van der Waals surface area (Å²) in [5.41, 5.74) is 5.19. The molecule has 43 heavy (non-hydrogen) atoms. The second kappa shape index (κ2) is 12.4. The first-order chi connectivity index (χ1) is 20.8. The van der Waals surface area contributed by atoms with Crippen LogP contribution in [0.25, 0.3) is 11.0 Å². The van der Waals surface area contributed by atoms with Crippen molar-refractivity contribution in [1.29, 1.82) is 0 Å². The van der Waals surface area contributed by atoms with E-state index in [-0.39, 0.29) is 0 Å². The zero-order chi connectivity index (χ0) is 30.0. The zero-order valence-corrected chi connectivity index (χ0v) is 26.3. The molecule has 0 atom stereocenters. The highest BCUT2D eigenvalue weighted by Gasteiger charge is 2.26. The minimum atomic E-state index is -2.72. The van der Waals surface area contributed by atoms with Gasteiger partial charge < -0.3 is 29.7 Å². The fourth-order valence-electron chi connectivity index (χ4n) is 6.07. The van der Waals surface area contributed by atoms with E-state index < -0.39 is 7.14 Å². The minimum Gasteiger partial charge on any atom is -0.494 e. The van der Waals surface area contributed by atoms with Gasteiger partial charge >= 0.3 is 0 Å². The van der Waals surface area contributed by atoms with Crippen LogP contribution in [0.5, 0.6) is 5.75 Å². The Hall–Kier alpha value is -3.82. The molecule has 2 saturated heterocycles. The SMILES string of the molecule is CCc1cc(Nc2ncnc(Nc3ccc4nccnc4c3P(C)(C)=O)n2)c(OC)cc1N1CCC(CN2CCC2)CC1. The molecule has 12 heteroatoms. The first-order valence-corrected chi connectivity index (χ1v) is 17.6. The smallest absolute Gasteiger partial charge is 0.232 e. The van der Waals surface area contributed by atoms with E-state index in [1.165, 1.54) is 56.5 Å². The van der Waals surface area contributed by atoms with Gasteiger partial charge in [-0.3, -0.25) is 9.97 Å². The minimum absolute atomic E-state index is 0.322. The molecular weight excluding hydrogens is 561 g/mol. The summed E-state index contributed by atoms with van der Waals surface area (Å²) in [6, 6.07) is 7.96. The van der Waals surface area contributed by atoms with Gasteiger partial charge in [-0.15, -0.1) is 0 Å². The highest BCUT2D eigenvalue weighted by molar-refractivity contribution is 7.71. The summed E-state index contributed by atoms with van der Waals surface area (Å²) in [6.07, 6.45) is 9.37. The molecule has 0 radical (unpaired) electrons. The van der Waals surface area contributed by atoms with Crippen LogP contribution in [-0.4, -0.2) is 83.0 Å². The molecule has 2 aromatic heterocycles. The lowest BCUT2D eigenvalue weighted by molar-refractivity contribution is 0.142. The fourth-order valence-corrected chi connectivity index (χ4v) is 7.46. The molecule has 2 aliphatic heterocycles. The molecule has 0 unspecified atom stereocenters. The molecule has 2 aliphatic rings. The van der Waals surface area contributed by atoms with Crippen molar-refractivity contribution < 1.29 is 9.30 Å².